The van der Waals surface area contributed by atoms with Crippen molar-refractivity contribution in [2.24, 2.45) is 0 Å². The van der Waals surface area contributed by atoms with Crippen LogP contribution in [0.15, 0.2) is 66.9 Å². The van der Waals surface area contributed by atoms with E-state index in [0.29, 0.717) is 18.8 Å². The van der Waals surface area contributed by atoms with Gasteiger partial charge in [-0.3, -0.25) is 10.00 Å². The van der Waals surface area contributed by atoms with Crippen molar-refractivity contribution in [2.75, 3.05) is 5.32 Å². The zero-order chi connectivity index (χ0) is 17.9. The molecule has 0 bridgehead atoms. The number of aromatic nitrogens is 2. The number of nitrogens with one attached hydrogen (secondary N) is 2. The van der Waals surface area contributed by atoms with E-state index in [-0.39, 0.29) is 6.03 Å². The molecule has 4 rings (SSSR count). The van der Waals surface area contributed by atoms with Crippen LogP contribution in [-0.4, -0.2) is 27.0 Å². The molecule has 2 atom stereocenters. The van der Waals surface area contributed by atoms with Crippen LogP contribution in [0, 0.1) is 0 Å². The summed E-state index contributed by atoms with van der Waals surface area (Å²) in [4.78, 5) is 12.3. The van der Waals surface area contributed by atoms with Gasteiger partial charge in [0.25, 0.3) is 0 Å². The maximum atomic E-state index is 12.3. The molecule has 0 aliphatic heterocycles. The number of aliphatic hydroxyl groups excluding tert-OH is 1. The highest BCUT2D eigenvalue weighted by molar-refractivity contribution is 5.88. The number of benzene rings is 2. The van der Waals surface area contributed by atoms with E-state index in [1.807, 2.05) is 60.8 Å². The van der Waals surface area contributed by atoms with Crippen LogP contribution in [0.4, 0.5) is 10.6 Å². The summed E-state index contributed by atoms with van der Waals surface area (Å²) >= 11 is 0. The number of carbonyl (C=O) groups is 1. The Balaban J connectivity index is 1.38. The lowest BCUT2D eigenvalue weighted by Gasteiger charge is -2.17. The predicted molar refractivity (Wildman–Crippen MR) is 98.8 cm³/mol. The SMILES string of the molecule is O=C(Nc1ccn(Cc2ccccc2)n1)N[C@@H]1c2ccccc2C[C@@H]1O. The summed E-state index contributed by atoms with van der Waals surface area (Å²) in [5.74, 6) is 0.471. The van der Waals surface area contributed by atoms with Crippen molar-refractivity contribution in [1.29, 1.82) is 0 Å². The van der Waals surface area contributed by atoms with E-state index in [4.69, 9.17) is 0 Å². The van der Waals surface area contributed by atoms with Crippen molar-refractivity contribution in [3.8, 4) is 0 Å². The first-order valence-electron chi connectivity index (χ1n) is 8.60. The number of amides is 2. The largest absolute Gasteiger partial charge is 0.390 e. The standard InChI is InChI=1S/C20H20N4O2/c25-17-12-15-8-4-5-9-16(15)19(17)22-20(26)21-18-10-11-24(23-18)13-14-6-2-1-3-7-14/h1-11,17,19,25H,12-13H2,(H2,21,22,23,26)/t17-,19+/m0/s1. The van der Waals surface area contributed by atoms with Crippen LogP contribution in [0.3, 0.4) is 0 Å². The number of hydrogen-bond donors (Lipinski definition) is 3. The smallest absolute Gasteiger partial charge is 0.321 e. The molecule has 2 aromatic carbocycles. The molecule has 3 N–H and O–H groups in total. The Kier molecular flexibility index (Phi) is 4.41. The third kappa shape index (κ3) is 3.45. The number of urea groups is 1. The third-order valence-electron chi connectivity index (χ3n) is 4.56. The van der Waals surface area contributed by atoms with Crippen molar-refractivity contribution in [3.63, 3.8) is 0 Å². The normalized spacial score (nSPS) is 18.3. The molecule has 1 heterocycles. The number of rotatable bonds is 4. The Morgan fingerprint density at radius 1 is 1.12 bits per heavy atom. The molecule has 1 aromatic heterocycles. The van der Waals surface area contributed by atoms with Crippen LogP contribution in [0.25, 0.3) is 0 Å². The summed E-state index contributed by atoms with van der Waals surface area (Å²) in [7, 11) is 0. The average molecular weight is 348 g/mol. The first kappa shape index (κ1) is 16.4. The van der Waals surface area contributed by atoms with E-state index in [2.05, 4.69) is 15.7 Å². The maximum Gasteiger partial charge on any atom is 0.321 e. The molecule has 0 saturated carbocycles. The van der Waals surface area contributed by atoms with Crippen molar-refractivity contribution in [3.05, 3.63) is 83.6 Å². The van der Waals surface area contributed by atoms with Gasteiger partial charge in [-0.15, -0.1) is 0 Å². The van der Waals surface area contributed by atoms with Gasteiger partial charge in [0.1, 0.15) is 0 Å². The Morgan fingerprint density at radius 3 is 2.73 bits per heavy atom. The fourth-order valence-corrected chi connectivity index (χ4v) is 3.33. The lowest BCUT2D eigenvalue weighted by Crippen LogP contribution is -2.36. The zero-order valence-electron chi connectivity index (χ0n) is 14.2. The molecule has 0 saturated heterocycles. The van der Waals surface area contributed by atoms with E-state index in [1.54, 1.807) is 10.7 Å². The topological polar surface area (TPSA) is 79.2 Å². The Labute approximate surface area is 151 Å². The summed E-state index contributed by atoms with van der Waals surface area (Å²) < 4.78 is 1.77. The second kappa shape index (κ2) is 7.01. The van der Waals surface area contributed by atoms with Crippen LogP contribution in [0.5, 0.6) is 0 Å². The lowest BCUT2D eigenvalue weighted by molar-refractivity contribution is 0.144. The second-order valence-electron chi connectivity index (χ2n) is 6.43. The lowest BCUT2D eigenvalue weighted by atomic mass is 10.1. The maximum absolute atomic E-state index is 12.3. The molecule has 26 heavy (non-hydrogen) atoms. The second-order valence-corrected chi connectivity index (χ2v) is 6.43. The first-order chi connectivity index (χ1) is 12.7. The minimum absolute atomic E-state index is 0.379. The van der Waals surface area contributed by atoms with Gasteiger partial charge in [-0.1, -0.05) is 54.6 Å². The minimum Gasteiger partial charge on any atom is -0.390 e. The van der Waals surface area contributed by atoms with Gasteiger partial charge in [0.15, 0.2) is 5.82 Å². The number of fused-ring (bicyclic) bond motifs is 1. The van der Waals surface area contributed by atoms with Gasteiger partial charge in [0.05, 0.1) is 18.7 Å². The molecule has 2 amide bonds. The number of carbonyl (C=O) groups excluding carboxylic acids is 1. The molecule has 0 spiro atoms. The Bertz CT molecular complexity index is 907. The first-order valence-corrected chi connectivity index (χ1v) is 8.60. The molecule has 1 aliphatic rings. The fourth-order valence-electron chi connectivity index (χ4n) is 3.33. The minimum atomic E-state index is -0.617. The molecule has 0 fully saturated rings. The summed E-state index contributed by atoms with van der Waals surface area (Å²) in [6, 6.07) is 18.7. The van der Waals surface area contributed by atoms with Crippen molar-refractivity contribution in [2.45, 2.75) is 25.1 Å². The number of hydrogen-bond acceptors (Lipinski definition) is 3. The third-order valence-corrected chi connectivity index (χ3v) is 4.56. The van der Waals surface area contributed by atoms with Crippen molar-refractivity contribution in [1.82, 2.24) is 15.1 Å². The summed E-state index contributed by atoms with van der Waals surface area (Å²) in [5, 5.41) is 20.2. The molecule has 0 unspecified atom stereocenters. The van der Waals surface area contributed by atoms with E-state index in [9.17, 15) is 9.90 Å². The highest BCUT2D eigenvalue weighted by Gasteiger charge is 2.31. The Morgan fingerprint density at radius 2 is 1.88 bits per heavy atom. The van der Waals surface area contributed by atoms with E-state index >= 15 is 0 Å². The van der Waals surface area contributed by atoms with Crippen LogP contribution in [0.1, 0.15) is 22.7 Å². The molecular weight excluding hydrogens is 328 g/mol. The molecule has 3 aromatic rings. The van der Waals surface area contributed by atoms with Gasteiger partial charge in [0, 0.05) is 18.7 Å². The number of aliphatic hydroxyl groups is 1. The fraction of sp³-hybridized carbons (Fsp3) is 0.200. The van der Waals surface area contributed by atoms with Gasteiger partial charge in [-0.05, 0) is 16.7 Å². The average Bonchev–Trinajstić information content (AvgIpc) is 3.20. The van der Waals surface area contributed by atoms with Crippen LogP contribution >= 0.6 is 0 Å². The highest BCUT2D eigenvalue weighted by atomic mass is 16.3. The van der Waals surface area contributed by atoms with Crippen LogP contribution in [-0.2, 0) is 13.0 Å². The van der Waals surface area contributed by atoms with E-state index in [1.165, 1.54) is 0 Å². The summed E-state index contributed by atoms with van der Waals surface area (Å²) in [6.45, 7) is 0.638. The molecule has 6 heteroatoms. The molecule has 132 valence electrons. The van der Waals surface area contributed by atoms with Gasteiger partial charge >= 0.3 is 6.03 Å². The zero-order valence-corrected chi connectivity index (χ0v) is 14.2. The molecular formula is C20H20N4O2. The summed E-state index contributed by atoms with van der Waals surface area (Å²) in [5.41, 5.74) is 3.17. The number of nitrogens with zero attached hydrogens (tertiary/aromatic N) is 2. The van der Waals surface area contributed by atoms with Gasteiger partial charge in [-0.2, -0.15) is 5.10 Å². The molecule has 0 radical (unpaired) electrons. The monoisotopic (exact) mass is 348 g/mol. The van der Waals surface area contributed by atoms with Crippen LogP contribution in [0.2, 0.25) is 0 Å². The van der Waals surface area contributed by atoms with E-state index < -0.39 is 12.1 Å². The van der Waals surface area contributed by atoms with Crippen molar-refractivity contribution < 1.29 is 9.90 Å². The number of anilines is 1. The van der Waals surface area contributed by atoms with Gasteiger partial charge < -0.3 is 10.4 Å². The van der Waals surface area contributed by atoms with Gasteiger partial charge in [0.2, 0.25) is 0 Å². The molecule has 1 aliphatic carbocycles. The highest BCUT2D eigenvalue weighted by Crippen LogP contribution is 2.31. The Hall–Kier alpha value is -3.12. The molecule has 6 nitrogen and oxygen atoms in total. The summed E-state index contributed by atoms with van der Waals surface area (Å²) in [6.07, 6.45) is 1.75. The van der Waals surface area contributed by atoms with Crippen molar-refractivity contribution >= 4 is 11.8 Å². The van der Waals surface area contributed by atoms with Crippen LogP contribution < -0.4 is 10.6 Å². The predicted octanol–water partition coefficient (Wildman–Crippen LogP) is 2.71. The van der Waals surface area contributed by atoms with Gasteiger partial charge in [-0.25, -0.2) is 4.79 Å². The quantitative estimate of drug-likeness (QED) is 0.678. The van der Waals surface area contributed by atoms with E-state index in [0.717, 1.165) is 16.7 Å².